The molecule has 222 valence electrons. The van der Waals surface area contributed by atoms with Gasteiger partial charge in [-0.1, -0.05) is 51.1 Å². The van der Waals surface area contributed by atoms with E-state index in [0.717, 1.165) is 23.8 Å². The molecule has 1 aliphatic heterocycles. The molecule has 7 nitrogen and oxygen atoms in total. The van der Waals surface area contributed by atoms with Gasteiger partial charge in [-0.15, -0.1) is 0 Å². The van der Waals surface area contributed by atoms with Crippen LogP contribution in [0.15, 0.2) is 54.7 Å². The number of rotatable bonds is 9. The molecule has 0 saturated carbocycles. The molecular formula is C31H40F3N5O2. The van der Waals surface area contributed by atoms with Gasteiger partial charge in [0, 0.05) is 44.0 Å². The van der Waals surface area contributed by atoms with Crippen molar-refractivity contribution in [2.45, 2.75) is 58.8 Å². The number of hydrogen-bond acceptors (Lipinski definition) is 4. The number of nitrogens with two attached hydrogens (primary N) is 1. The number of hydrogen-bond donors (Lipinski definition) is 1. The number of carbonyl (C=O) groups is 1. The maximum Gasteiger partial charge on any atom is 0.320 e. The Balaban J connectivity index is 1.86. The van der Waals surface area contributed by atoms with E-state index in [9.17, 15) is 18.0 Å². The molecule has 0 aliphatic carbocycles. The number of urea groups is 1. The third-order valence-corrected chi connectivity index (χ3v) is 7.28. The van der Waals surface area contributed by atoms with Gasteiger partial charge in [0.15, 0.2) is 0 Å². The summed E-state index contributed by atoms with van der Waals surface area (Å²) in [5.41, 5.74) is 6.69. The molecule has 1 aliphatic rings. The van der Waals surface area contributed by atoms with Gasteiger partial charge in [0.25, 0.3) is 0 Å². The molecule has 4 rings (SSSR count). The number of benzene rings is 2. The van der Waals surface area contributed by atoms with Crippen molar-refractivity contribution in [1.82, 2.24) is 19.4 Å². The molecule has 2 heterocycles. The summed E-state index contributed by atoms with van der Waals surface area (Å²) in [6.45, 7) is 9.04. The number of morpholine rings is 1. The molecule has 41 heavy (non-hydrogen) atoms. The Bertz CT molecular complexity index is 1310. The largest absolute Gasteiger partial charge is 0.375 e. The number of alkyl halides is 1. The second-order valence-corrected chi connectivity index (χ2v) is 11.8. The van der Waals surface area contributed by atoms with Crippen molar-refractivity contribution in [1.29, 1.82) is 0 Å². The molecule has 1 aromatic heterocycles. The Morgan fingerprint density at radius 3 is 2.59 bits per heavy atom. The van der Waals surface area contributed by atoms with Gasteiger partial charge in [0.05, 0.1) is 24.4 Å². The topological polar surface area (TPSA) is 76.6 Å². The van der Waals surface area contributed by atoms with E-state index in [1.165, 1.54) is 0 Å². The minimum atomic E-state index is -0.726. The van der Waals surface area contributed by atoms with Crippen molar-refractivity contribution in [3.05, 3.63) is 77.8 Å². The Kier molecular flexibility index (Phi) is 9.76. The predicted molar refractivity (Wildman–Crippen MR) is 153 cm³/mol. The Morgan fingerprint density at radius 2 is 1.93 bits per heavy atom. The van der Waals surface area contributed by atoms with E-state index in [1.54, 1.807) is 16.0 Å². The van der Waals surface area contributed by atoms with Crippen molar-refractivity contribution in [3.63, 3.8) is 0 Å². The third-order valence-electron chi connectivity index (χ3n) is 7.28. The molecular weight excluding hydrogens is 531 g/mol. The average Bonchev–Trinajstić information content (AvgIpc) is 3.33. The molecule has 1 fully saturated rings. The maximum atomic E-state index is 14.9. The first-order chi connectivity index (χ1) is 19.5. The summed E-state index contributed by atoms with van der Waals surface area (Å²) in [5.74, 6) is -0.659. The van der Waals surface area contributed by atoms with Gasteiger partial charge in [0.1, 0.15) is 24.1 Å². The number of nitrogens with zero attached hydrogens (tertiary/aromatic N) is 4. The van der Waals surface area contributed by atoms with Gasteiger partial charge < -0.3 is 24.8 Å². The van der Waals surface area contributed by atoms with Gasteiger partial charge >= 0.3 is 6.03 Å². The number of halogens is 3. The quantitative estimate of drug-likeness (QED) is 0.353. The maximum absolute atomic E-state index is 14.9. The number of ether oxygens (including phenoxy) is 1. The standard InChI is InChI=1S/C31H40F3N5O2/c1-21-18-37(14-15-41-21)30(40)39(13-12-24(35)17-32)28(31(2,3)4)29-36-27(25-16-23(33)10-11-26(25)34)20-38(29)19-22-8-6-5-7-9-22/h5-11,16,20-21,24,28H,12-15,17-19,35H2,1-4H3/t21-,24+,28+/m1/s1. The minimum Gasteiger partial charge on any atom is -0.375 e. The second kappa shape index (κ2) is 13.1. The first kappa shape index (κ1) is 30.6. The Hall–Kier alpha value is -3.37. The fraction of sp³-hybridized carbons (Fsp3) is 0.484. The molecule has 3 atom stereocenters. The number of carbonyl (C=O) groups excluding carboxylic acids is 1. The van der Waals surface area contributed by atoms with E-state index in [-0.39, 0.29) is 36.4 Å². The van der Waals surface area contributed by atoms with Crippen LogP contribution in [0.25, 0.3) is 11.3 Å². The van der Waals surface area contributed by atoms with E-state index >= 15 is 0 Å². The van der Waals surface area contributed by atoms with E-state index in [2.05, 4.69) is 0 Å². The number of aromatic nitrogens is 2. The summed E-state index contributed by atoms with van der Waals surface area (Å²) < 4.78 is 50.1. The van der Waals surface area contributed by atoms with Crippen LogP contribution in [0.3, 0.4) is 0 Å². The molecule has 2 N–H and O–H groups in total. The molecule has 0 bridgehead atoms. The molecule has 10 heteroatoms. The highest BCUT2D eigenvalue weighted by molar-refractivity contribution is 5.75. The Morgan fingerprint density at radius 1 is 1.20 bits per heavy atom. The van der Waals surface area contributed by atoms with Crippen LogP contribution in [0.1, 0.15) is 51.5 Å². The average molecular weight is 572 g/mol. The molecule has 3 aromatic rings. The van der Waals surface area contributed by atoms with E-state index in [1.807, 2.05) is 62.6 Å². The lowest BCUT2D eigenvalue weighted by atomic mass is 9.84. The van der Waals surface area contributed by atoms with E-state index in [4.69, 9.17) is 15.5 Å². The summed E-state index contributed by atoms with van der Waals surface area (Å²) in [6.07, 6.45) is 1.82. The van der Waals surface area contributed by atoms with Gasteiger partial charge in [-0.2, -0.15) is 0 Å². The second-order valence-electron chi connectivity index (χ2n) is 11.8. The third kappa shape index (κ3) is 7.48. The number of amides is 2. The lowest BCUT2D eigenvalue weighted by molar-refractivity contribution is -0.0156. The summed E-state index contributed by atoms with van der Waals surface area (Å²) >= 11 is 0. The SMILES string of the molecule is C[C@@H]1CN(C(=O)N(CC[C@H](N)CF)[C@@H](c2nc(-c3cc(F)ccc3F)cn2Cc2ccccc2)C(C)(C)C)CCO1. The van der Waals surface area contributed by atoms with Crippen LogP contribution < -0.4 is 5.73 Å². The summed E-state index contributed by atoms with van der Waals surface area (Å²) in [7, 11) is 0. The van der Waals surface area contributed by atoms with Crippen LogP contribution in [0.5, 0.6) is 0 Å². The zero-order chi connectivity index (χ0) is 29.7. The first-order valence-electron chi connectivity index (χ1n) is 14.0. The van der Waals surface area contributed by atoms with Crippen molar-refractivity contribution >= 4 is 6.03 Å². The van der Waals surface area contributed by atoms with Crippen LogP contribution in [0.2, 0.25) is 0 Å². The van der Waals surface area contributed by atoms with E-state index < -0.39 is 35.8 Å². The van der Waals surface area contributed by atoms with Crippen LogP contribution >= 0.6 is 0 Å². The monoisotopic (exact) mass is 571 g/mol. The summed E-state index contributed by atoms with van der Waals surface area (Å²) in [5, 5.41) is 0. The summed E-state index contributed by atoms with van der Waals surface area (Å²) in [6, 6.07) is 11.4. The summed E-state index contributed by atoms with van der Waals surface area (Å²) in [4.78, 5) is 22.5. The Labute approximate surface area is 240 Å². The fourth-order valence-corrected chi connectivity index (χ4v) is 5.26. The first-order valence-corrected chi connectivity index (χ1v) is 14.0. The molecule has 0 unspecified atom stereocenters. The lowest BCUT2D eigenvalue weighted by Crippen LogP contribution is -2.54. The van der Waals surface area contributed by atoms with Crippen LogP contribution in [0, 0.1) is 17.0 Å². The van der Waals surface area contributed by atoms with Gasteiger partial charge in [0.2, 0.25) is 0 Å². The molecule has 2 aromatic carbocycles. The van der Waals surface area contributed by atoms with Crippen molar-refractivity contribution in [3.8, 4) is 11.3 Å². The fourth-order valence-electron chi connectivity index (χ4n) is 5.26. The number of imidazole rings is 1. The van der Waals surface area contributed by atoms with Crippen molar-refractivity contribution in [2.24, 2.45) is 11.1 Å². The van der Waals surface area contributed by atoms with Crippen molar-refractivity contribution < 1.29 is 22.7 Å². The molecule has 2 amide bonds. The van der Waals surface area contributed by atoms with Crippen molar-refractivity contribution in [2.75, 3.05) is 32.9 Å². The van der Waals surface area contributed by atoms with Crippen LogP contribution in [-0.4, -0.2) is 70.4 Å². The van der Waals surface area contributed by atoms with Gasteiger partial charge in [-0.25, -0.2) is 22.9 Å². The van der Waals surface area contributed by atoms with E-state index in [0.29, 0.717) is 32.1 Å². The molecule has 1 saturated heterocycles. The minimum absolute atomic E-state index is 0.0325. The highest BCUT2D eigenvalue weighted by atomic mass is 19.1. The normalized spacial score (nSPS) is 17.4. The molecule has 0 radical (unpaired) electrons. The lowest BCUT2D eigenvalue weighted by Gasteiger charge is -2.43. The smallest absolute Gasteiger partial charge is 0.320 e. The van der Waals surface area contributed by atoms with Gasteiger partial charge in [-0.05, 0) is 42.5 Å². The predicted octanol–water partition coefficient (Wildman–Crippen LogP) is 5.79. The zero-order valence-electron chi connectivity index (χ0n) is 24.2. The van der Waals surface area contributed by atoms with Crippen LogP contribution in [-0.2, 0) is 11.3 Å². The zero-order valence-corrected chi connectivity index (χ0v) is 24.2. The van der Waals surface area contributed by atoms with Crippen LogP contribution in [0.4, 0.5) is 18.0 Å². The highest BCUT2D eigenvalue weighted by Crippen LogP contribution is 2.40. The highest BCUT2D eigenvalue weighted by Gasteiger charge is 2.40. The molecule has 0 spiro atoms. The van der Waals surface area contributed by atoms with Gasteiger partial charge in [-0.3, -0.25) is 0 Å².